The Hall–Kier alpha value is -0.670. The molecule has 12 heavy (non-hydrogen) atoms. The fourth-order valence-electron chi connectivity index (χ4n) is 0.983. The number of aromatic nitrogens is 1. The summed E-state index contributed by atoms with van der Waals surface area (Å²) in [5, 5.41) is 9.80. The second-order valence-corrected chi connectivity index (χ2v) is 4.50. The van der Waals surface area contributed by atoms with E-state index in [0.717, 1.165) is 18.5 Å². The van der Waals surface area contributed by atoms with Crippen molar-refractivity contribution in [2.75, 3.05) is 0 Å². The van der Waals surface area contributed by atoms with E-state index in [-0.39, 0.29) is 0 Å². The van der Waals surface area contributed by atoms with Gasteiger partial charge in [0.05, 0.1) is 4.70 Å². The molecule has 0 amide bonds. The van der Waals surface area contributed by atoms with Gasteiger partial charge in [0.15, 0.2) is 0 Å². The van der Waals surface area contributed by atoms with Crippen LogP contribution in [0, 0.1) is 14.9 Å². The number of nitriles is 1. The van der Waals surface area contributed by atoms with Crippen LogP contribution in [-0.4, -0.2) is 4.98 Å². The van der Waals surface area contributed by atoms with Gasteiger partial charge in [-0.05, 0) is 28.7 Å². The summed E-state index contributed by atoms with van der Waals surface area (Å²) >= 11 is 3.71. The topological polar surface area (TPSA) is 36.7 Å². The summed E-state index contributed by atoms with van der Waals surface area (Å²) in [7, 11) is 0. The van der Waals surface area contributed by atoms with E-state index in [4.69, 9.17) is 5.26 Å². The number of nitrogens with zero attached hydrogens (tertiary/aromatic N) is 2. The molecule has 0 fully saturated rings. The van der Waals surface area contributed by atoms with Gasteiger partial charge in [-0.15, -0.1) is 11.3 Å². The van der Waals surface area contributed by atoms with E-state index >= 15 is 0 Å². The van der Waals surface area contributed by atoms with Gasteiger partial charge in [-0.2, -0.15) is 5.26 Å². The van der Waals surface area contributed by atoms with Crippen molar-refractivity contribution >= 4 is 44.0 Å². The number of halogens is 1. The molecule has 58 valence electrons. The molecule has 0 aromatic carbocycles. The molecule has 2 heterocycles. The fourth-order valence-corrected chi connectivity index (χ4v) is 2.62. The molecule has 0 aliphatic carbocycles. The highest BCUT2D eigenvalue weighted by Crippen LogP contribution is 2.27. The number of hydrogen-bond donors (Lipinski definition) is 0. The molecular formula is C8H3IN2S. The molecule has 0 aliphatic rings. The molecule has 0 aliphatic heterocycles. The maximum absolute atomic E-state index is 8.67. The lowest BCUT2D eigenvalue weighted by atomic mass is 10.3. The second kappa shape index (κ2) is 2.99. The smallest absolute Gasteiger partial charge is 0.110 e. The minimum atomic E-state index is 0.746. The van der Waals surface area contributed by atoms with Crippen molar-refractivity contribution in [3.05, 3.63) is 26.9 Å². The predicted octanol–water partition coefficient (Wildman–Crippen LogP) is 2.77. The fraction of sp³-hybridized carbons (Fsp3) is 0. The monoisotopic (exact) mass is 286 g/mol. The molecule has 0 N–H and O–H groups in total. The van der Waals surface area contributed by atoms with Gasteiger partial charge in [0, 0.05) is 21.4 Å². The third kappa shape index (κ3) is 1.19. The van der Waals surface area contributed by atoms with Crippen LogP contribution in [-0.2, 0) is 0 Å². The molecule has 2 aromatic heterocycles. The van der Waals surface area contributed by atoms with Gasteiger partial charge < -0.3 is 0 Å². The van der Waals surface area contributed by atoms with Crippen molar-refractivity contribution in [2.45, 2.75) is 0 Å². The molecule has 2 aromatic rings. The van der Waals surface area contributed by atoms with Crippen LogP contribution in [0.25, 0.3) is 10.1 Å². The number of rotatable bonds is 0. The third-order valence-corrected chi connectivity index (χ3v) is 3.34. The van der Waals surface area contributed by atoms with E-state index < -0.39 is 0 Å². The Bertz CT molecular complexity index is 469. The van der Waals surface area contributed by atoms with Gasteiger partial charge in [-0.3, -0.25) is 4.98 Å². The molecule has 0 unspecified atom stereocenters. The minimum absolute atomic E-state index is 0.746. The van der Waals surface area contributed by atoms with Gasteiger partial charge in [-0.25, -0.2) is 0 Å². The Morgan fingerprint density at radius 1 is 1.50 bits per heavy atom. The highest BCUT2D eigenvalue weighted by atomic mass is 127. The number of hydrogen-bond acceptors (Lipinski definition) is 3. The number of thiophene rings is 1. The lowest BCUT2D eigenvalue weighted by Crippen LogP contribution is -1.73. The average molecular weight is 286 g/mol. The largest absolute Gasteiger partial charge is 0.262 e. The van der Waals surface area contributed by atoms with Crippen molar-refractivity contribution in [1.82, 2.24) is 4.98 Å². The molecule has 0 bridgehead atoms. The lowest BCUT2D eigenvalue weighted by molar-refractivity contribution is 1.35. The highest BCUT2D eigenvalue weighted by molar-refractivity contribution is 14.1. The predicted molar refractivity (Wildman–Crippen MR) is 57.1 cm³/mol. The van der Waals surface area contributed by atoms with Crippen LogP contribution in [0.5, 0.6) is 0 Å². The molecule has 4 heteroatoms. The summed E-state index contributed by atoms with van der Waals surface area (Å²) in [5.74, 6) is 0. The second-order valence-electron chi connectivity index (χ2n) is 2.26. The third-order valence-electron chi connectivity index (χ3n) is 1.51. The first-order valence-electron chi connectivity index (χ1n) is 3.24. The SMILES string of the molecule is N#Cc1cc2c(I)cncc2s1. The summed E-state index contributed by atoms with van der Waals surface area (Å²) < 4.78 is 2.18. The molecule has 0 saturated heterocycles. The molecule has 0 atom stereocenters. The van der Waals surface area contributed by atoms with E-state index in [1.54, 1.807) is 12.4 Å². The Balaban J connectivity index is 2.85. The van der Waals surface area contributed by atoms with E-state index in [1.165, 1.54) is 11.3 Å². The quantitative estimate of drug-likeness (QED) is 0.698. The zero-order valence-electron chi connectivity index (χ0n) is 5.91. The number of fused-ring (bicyclic) bond motifs is 1. The lowest BCUT2D eigenvalue weighted by Gasteiger charge is -1.89. The standard InChI is InChI=1S/C8H3IN2S/c9-7-3-11-4-8-6(7)1-5(2-10)12-8/h1,3-4H. The van der Waals surface area contributed by atoms with Gasteiger partial charge >= 0.3 is 0 Å². The zero-order chi connectivity index (χ0) is 8.55. The molecule has 2 rings (SSSR count). The van der Waals surface area contributed by atoms with Crippen LogP contribution >= 0.6 is 33.9 Å². The Morgan fingerprint density at radius 2 is 2.33 bits per heavy atom. The van der Waals surface area contributed by atoms with Crippen molar-refractivity contribution < 1.29 is 0 Å². The van der Waals surface area contributed by atoms with Crippen molar-refractivity contribution in [1.29, 1.82) is 5.26 Å². The molecule has 0 saturated carbocycles. The van der Waals surface area contributed by atoms with Crippen LogP contribution in [0.2, 0.25) is 0 Å². The van der Waals surface area contributed by atoms with Gasteiger partial charge in [-0.1, -0.05) is 0 Å². The maximum atomic E-state index is 8.67. The highest BCUT2D eigenvalue weighted by Gasteiger charge is 2.03. The molecule has 0 radical (unpaired) electrons. The summed E-state index contributed by atoms with van der Waals surface area (Å²) in [6.07, 6.45) is 3.60. The van der Waals surface area contributed by atoms with Crippen LogP contribution in [0.15, 0.2) is 18.5 Å². The zero-order valence-corrected chi connectivity index (χ0v) is 8.89. The van der Waals surface area contributed by atoms with Gasteiger partial charge in [0.2, 0.25) is 0 Å². The first-order chi connectivity index (χ1) is 5.81. The van der Waals surface area contributed by atoms with E-state index in [2.05, 4.69) is 33.6 Å². The summed E-state index contributed by atoms with van der Waals surface area (Å²) in [6.45, 7) is 0. The summed E-state index contributed by atoms with van der Waals surface area (Å²) in [5.41, 5.74) is 0. The van der Waals surface area contributed by atoms with E-state index in [0.29, 0.717) is 0 Å². The Labute approximate surface area is 87.0 Å². The van der Waals surface area contributed by atoms with Gasteiger partial charge in [0.25, 0.3) is 0 Å². The summed E-state index contributed by atoms with van der Waals surface area (Å²) in [4.78, 5) is 4.80. The van der Waals surface area contributed by atoms with Crippen molar-refractivity contribution in [2.24, 2.45) is 0 Å². The molecule has 2 nitrogen and oxygen atoms in total. The van der Waals surface area contributed by atoms with Crippen LogP contribution in [0.1, 0.15) is 4.88 Å². The van der Waals surface area contributed by atoms with E-state index in [9.17, 15) is 0 Å². The normalized spacial score (nSPS) is 10.0. The van der Waals surface area contributed by atoms with Gasteiger partial charge in [0.1, 0.15) is 10.9 Å². The van der Waals surface area contributed by atoms with Crippen molar-refractivity contribution in [3.8, 4) is 6.07 Å². The maximum Gasteiger partial charge on any atom is 0.110 e. The van der Waals surface area contributed by atoms with Crippen LogP contribution in [0.3, 0.4) is 0 Å². The average Bonchev–Trinajstić information content (AvgIpc) is 2.49. The Kier molecular flexibility index (Phi) is 1.98. The van der Waals surface area contributed by atoms with Crippen molar-refractivity contribution in [3.63, 3.8) is 0 Å². The number of pyridine rings is 1. The first-order valence-corrected chi connectivity index (χ1v) is 5.14. The van der Waals surface area contributed by atoms with Crippen LogP contribution < -0.4 is 0 Å². The molecule has 0 spiro atoms. The Morgan fingerprint density at radius 3 is 3.00 bits per heavy atom. The minimum Gasteiger partial charge on any atom is -0.262 e. The molecular weight excluding hydrogens is 283 g/mol. The van der Waals surface area contributed by atoms with Crippen LogP contribution in [0.4, 0.5) is 0 Å². The van der Waals surface area contributed by atoms with E-state index in [1.807, 2.05) is 6.07 Å². The first kappa shape index (κ1) is 7.95. The summed E-state index contributed by atoms with van der Waals surface area (Å²) in [6, 6.07) is 4.04.